The molecule has 0 fully saturated rings. The molecule has 0 heterocycles. The highest BCUT2D eigenvalue weighted by molar-refractivity contribution is 7.97. The van der Waals surface area contributed by atoms with Crippen LogP contribution in [0.25, 0.3) is 6.08 Å². The number of thiol groups is 1. The molecule has 0 amide bonds. The van der Waals surface area contributed by atoms with Gasteiger partial charge in [-0.25, -0.2) is 0 Å². The lowest BCUT2D eigenvalue weighted by Gasteiger charge is -2.19. The molecule has 3 heteroatoms. The predicted octanol–water partition coefficient (Wildman–Crippen LogP) is 2.62. The van der Waals surface area contributed by atoms with Crippen LogP contribution in [0.2, 0.25) is 0 Å². The van der Waals surface area contributed by atoms with Crippen LogP contribution in [-0.4, -0.2) is 9.98 Å². The number of fused-ring (bicyclic) bond motifs is 1. The van der Waals surface area contributed by atoms with Crippen molar-refractivity contribution in [2.75, 3.05) is 0 Å². The molecule has 0 radical (unpaired) electrons. The molecule has 0 N–H and O–H groups in total. The van der Waals surface area contributed by atoms with Gasteiger partial charge in [0.2, 0.25) is 0 Å². The smallest absolute Gasteiger partial charge is 0.198 e. The van der Waals surface area contributed by atoms with Crippen LogP contribution in [0.1, 0.15) is 17.0 Å². The summed E-state index contributed by atoms with van der Waals surface area (Å²) >= 11 is 8.99. The van der Waals surface area contributed by atoms with Gasteiger partial charge < -0.3 is 0 Å². The molecule has 14 heavy (non-hydrogen) atoms. The van der Waals surface area contributed by atoms with Gasteiger partial charge >= 0.3 is 0 Å². The Bertz CT molecular complexity index is 435. The first-order valence-corrected chi connectivity index (χ1v) is 5.09. The first-order chi connectivity index (χ1) is 6.70. The van der Waals surface area contributed by atoms with Crippen LogP contribution < -0.4 is 0 Å². The Morgan fingerprint density at radius 3 is 2.71 bits per heavy atom. The third-order valence-corrected chi connectivity index (χ3v) is 2.90. The van der Waals surface area contributed by atoms with Crippen LogP contribution in [-0.2, 0) is 4.79 Å². The number of rotatable bonds is 1. The lowest BCUT2D eigenvalue weighted by Crippen LogP contribution is -2.18. The quantitative estimate of drug-likeness (QED) is 0.579. The predicted molar refractivity (Wildman–Crippen MR) is 64.8 cm³/mol. The second kappa shape index (κ2) is 3.67. The molecule has 0 aromatic heterocycles. The highest BCUT2D eigenvalue weighted by atomic mass is 32.1. The highest BCUT2D eigenvalue weighted by Gasteiger charge is 2.25. The Balaban J connectivity index is 2.59. The second-order valence-electron chi connectivity index (χ2n) is 3.14. The lowest BCUT2D eigenvalue weighted by molar-refractivity contribution is -0.110. The molecule has 0 aliphatic heterocycles. The Morgan fingerprint density at radius 1 is 1.29 bits per heavy atom. The highest BCUT2D eigenvalue weighted by Crippen LogP contribution is 2.29. The zero-order valence-electron chi connectivity index (χ0n) is 7.31. The first kappa shape index (κ1) is 9.62. The fourth-order valence-corrected chi connectivity index (χ4v) is 2.27. The summed E-state index contributed by atoms with van der Waals surface area (Å²) in [7, 11) is 0. The van der Waals surface area contributed by atoms with E-state index in [0.29, 0.717) is 4.86 Å². The van der Waals surface area contributed by atoms with Gasteiger partial charge in [-0.05, 0) is 17.2 Å². The number of benzene rings is 1. The maximum absolute atomic E-state index is 11.3. The summed E-state index contributed by atoms with van der Waals surface area (Å²) in [5.41, 5.74) is 2.01. The van der Waals surface area contributed by atoms with E-state index in [-0.39, 0.29) is 11.0 Å². The van der Waals surface area contributed by atoms with Gasteiger partial charge in [-0.2, -0.15) is 0 Å². The van der Waals surface area contributed by atoms with Gasteiger partial charge in [0.15, 0.2) is 5.12 Å². The van der Waals surface area contributed by atoms with Gasteiger partial charge in [0, 0.05) is 4.86 Å². The van der Waals surface area contributed by atoms with Crippen LogP contribution in [0.5, 0.6) is 0 Å². The molecule has 2 rings (SSSR count). The van der Waals surface area contributed by atoms with Gasteiger partial charge in [-0.1, -0.05) is 42.6 Å². The van der Waals surface area contributed by atoms with Crippen molar-refractivity contribution < 1.29 is 4.79 Å². The average molecular weight is 220 g/mol. The van der Waals surface area contributed by atoms with E-state index in [0.717, 1.165) is 11.1 Å². The Morgan fingerprint density at radius 2 is 2.00 bits per heavy atom. The fourth-order valence-electron chi connectivity index (χ4n) is 1.60. The van der Waals surface area contributed by atoms with E-state index in [4.69, 9.17) is 12.2 Å². The molecule has 0 bridgehead atoms. The van der Waals surface area contributed by atoms with Crippen LogP contribution >= 0.6 is 24.8 Å². The minimum atomic E-state index is -0.352. The standard InChI is InChI=1S/C11H8OS2/c12-11(14)10-8-4-2-1-3-7(8)5-6-9(10)13/h1-6,10H,(H,12,14). The van der Waals surface area contributed by atoms with E-state index in [1.807, 2.05) is 30.3 Å². The minimum absolute atomic E-state index is 0.188. The van der Waals surface area contributed by atoms with Crippen molar-refractivity contribution in [2.24, 2.45) is 0 Å². The molecular weight excluding hydrogens is 212 g/mol. The zero-order valence-corrected chi connectivity index (χ0v) is 9.02. The molecular formula is C11H8OS2. The molecule has 1 unspecified atom stereocenters. The summed E-state index contributed by atoms with van der Waals surface area (Å²) in [6.45, 7) is 0. The summed E-state index contributed by atoms with van der Waals surface area (Å²) in [4.78, 5) is 12.0. The normalized spacial score (nSPS) is 19.2. The van der Waals surface area contributed by atoms with Crippen LogP contribution in [0.4, 0.5) is 0 Å². The van der Waals surface area contributed by atoms with Crippen molar-refractivity contribution in [2.45, 2.75) is 5.92 Å². The maximum Gasteiger partial charge on any atom is 0.198 e. The Kier molecular flexibility index (Phi) is 2.52. The average Bonchev–Trinajstić information content (AvgIpc) is 2.17. The van der Waals surface area contributed by atoms with Crippen molar-refractivity contribution in [3.63, 3.8) is 0 Å². The van der Waals surface area contributed by atoms with Crippen molar-refractivity contribution in [1.82, 2.24) is 0 Å². The maximum atomic E-state index is 11.3. The molecule has 0 saturated heterocycles. The number of hydrogen-bond acceptors (Lipinski definition) is 2. The third kappa shape index (κ3) is 1.53. The van der Waals surface area contributed by atoms with Crippen molar-refractivity contribution in [3.8, 4) is 0 Å². The minimum Gasteiger partial charge on any atom is -0.286 e. The van der Waals surface area contributed by atoms with E-state index in [2.05, 4.69) is 12.6 Å². The number of carbonyl (C=O) groups excluding carboxylic acids is 1. The van der Waals surface area contributed by atoms with E-state index in [1.54, 1.807) is 6.08 Å². The molecule has 0 spiro atoms. The summed E-state index contributed by atoms with van der Waals surface area (Å²) in [5, 5.41) is -0.188. The summed E-state index contributed by atoms with van der Waals surface area (Å²) in [6, 6.07) is 7.74. The van der Waals surface area contributed by atoms with E-state index < -0.39 is 0 Å². The Labute approximate surface area is 93.2 Å². The number of thiocarbonyl (C=S) groups is 1. The molecule has 1 aromatic rings. The van der Waals surface area contributed by atoms with Crippen LogP contribution in [0.3, 0.4) is 0 Å². The van der Waals surface area contributed by atoms with E-state index >= 15 is 0 Å². The zero-order chi connectivity index (χ0) is 10.1. The van der Waals surface area contributed by atoms with Gasteiger partial charge in [-0.3, -0.25) is 4.79 Å². The second-order valence-corrected chi connectivity index (χ2v) is 4.05. The lowest BCUT2D eigenvalue weighted by atomic mass is 9.88. The molecule has 1 aliphatic carbocycles. The van der Waals surface area contributed by atoms with Gasteiger partial charge in [0.1, 0.15) is 0 Å². The summed E-state index contributed by atoms with van der Waals surface area (Å²) in [6.07, 6.45) is 3.74. The van der Waals surface area contributed by atoms with Crippen molar-refractivity contribution in [3.05, 3.63) is 41.5 Å². The van der Waals surface area contributed by atoms with Gasteiger partial charge in [-0.15, -0.1) is 12.6 Å². The van der Waals surface area contributed by atoms with Crippen molar-refractivity contribution in [1.29, 1.82) is 0 Å². The van der Waals surface area contributed by atoms with Gasteiger partial charge in [0.05, 0.1) is 5.92 Å². The molecule has 1 aliphatic rings. The monoisotopic (exact) mass is 220 g/mol. The fraction of sp³-hybridized carbons (Fsp3) is 0.0909. The van der Waals surface area contributed by atoms with Crippen LogP contribution in [0.15, 0.2) is 30.3 Å². The first-order valence-electron chi connectivity index (χ1n) is 4.24. The summed E-state index contributed by atoms with van der Waals surface area (Å²) in [5.74, 6) is -0.352. The third-order valence-electron chi connectivity index (χ3n) is 2.27. The topological polar surface area (TPSA) is 17.1 Å². The number of hydrogen-bond donors (Lipinski definition) is 1. The van der Waals surface area contributed by atoms with Gasteiger partial charge in [0.25, 0.3) is 0 Å². The van der Waals surface area contributed by atoms with E-state index in [1.165, 1.54) is 0 Å². The Hall–Kier alpha value is -0.930. The SMILES string of the molecule is O=C(S)C1C(=S)C=Cc2ccccc21. The molecule has 1 aromatic carbocycles. The van der Waals surface area contributed by atoms with E-state index in [9.17, 15) is 4.79 Å². The van der Waals surface area contributed by atoms with Crippen molar-refractivity contribution >= 4 is 40.9 Å². The summed E-state index contributed by atoms with van der Waals surface area (Å²) < 4.78 is 0. The number of allylic oxidation sites excluding steroid dienone is 1. The number of carbonyl (C=O) groups is 1. The molecule has 70 valence electrons. The molecule has 1 atom stereocenters. The largest absolute Gasteiger partial charge is 0.286 e. The molecule has 1 nitrogen and oxygen atoms in total. The van der Waals surface area contributed by atoms with Crippen LogP contribution in [0, 0.1) is 0 Å². The molecule has 0 saturated carbocycles.